The fourth-order valence-corrected chi connectivity index (χ4v) is 3.15. The molecule has 2 N–H and O–H groups in total. The van der Waals surface area contributed by atoms with Crippen molar-refractivity contribution >= 4 is 35.0 Å². The van der Waals surface area contributed by atoms with Crippen molar-refractivity contribution in [3.63, 3.8) is 0 Å². The Kier molecular flexibility index (Phi) is 7.20. The summed E-state index contributed by atoms with van der Waals surface area (Å²) in [6.07, 6.45) is 0. The number of nitrogens with one attached hydrogen (secondary N) is 2. The van der Waals surface area contributed by atoms with Crippen LogP contribution in [-0.4, -0.2) is 39.7 Å². The molecule has 1 aromatic heterocycles. The molecular weight excluding hydrogens is 426 g/mol. The maximum absolute atomic E-state index is 12.8. The van der Waals surface area contributed by atoms with Gasteiger partial charge in [-0.15, -0.1) is 0 Å². The van der Waals surface area contributed by atoms with E-state index in [1.165, 1.54) is 4.90 Å². The molecule has 0 unspecified atom stereocenters. The minimum Gasteiger partial charge on any atom is -0.315 e. The highest BCUT2D eigenvalue weighted by Gasteiger charge is 2.23. The largest absolute Gasteiger partial charge is 0.322 e. The lowest BCUT2D eigenvalue weighted by molar-refractivity contribution is -0.116. The zero-order valence-electron chi connectivity index (χ0n) is 18.7. The lowest BCUT2D eigenvalue weighted by Gasteiger charge is -2.21. The first-order chi connectivity index (χ1) is 15.2. The second-order valence-electron chi connectivity index (χ2n) is 8.41. The van der Waals surface area contributed by atoms with E-state index in [9.17, 15) is 9.59 Å². The van der Waals surface area contributed by atoms with E-state index in [-0.39, 0.29) is 23.9 Å². The topological polar surface area (TPSA) is 79.3 Å². The quantitative estimate of drug-likeness (QED) is 0.530. The van der Waals surface area contributed by atoms with Crippen LogP contribution in [0.25, 0.3) is 5.69 Å². The Labute approximate surface area is 193 Å². The highest BCUT2D eigenvalue weighted by atomic mass is 35.5. The number of carbonyl (C=O) groups is 2. The summed E-state index contributed by atoms with van der Waals surface area (Å²) >= 11 is 6.02. The molecule has 0 aliphatic rings. The highest BCUT2D eigenvalue weighted by Crippen LogP contribution is 2.27. The molecule has 1 heterocycles. The van der Waals surface area contributed by atoms with Gasteiger partial charge in [0.05, 0.1) is 11.4 Å². The van der Waals surface area contributed by atoms with E-state index >= 15 is 0 Å². The molecule has 0 spiro atoms. The predicted octanol–water partition coefficient (Wildman–Crippen LogP) is 5.32. The molecule has 0 bridgehead atoms. The number of halogens is 1. The Hall–Kier alpha value is -3.32. The van der Waals surface area contributed by atoms with Crippen LogP contribution in [0, 0.1) is 0 Å². The van der Waals surface area contributed by atoms with Gasteiger partial charge in [0.2, 0.25) is 5.91 Å². The van der Waals surface area contributed by atoms with Gasteiger partial charge in [0.25, 0.3) is 0 Å². The Morgan fingerprint density at radius 1 is 1.03 bits per heavy atom. The average Bonchev–Trinajstić information content (AvgIpc) is 3.17. The van der Waals surface area contributed by atoms with E-state index in [4.69, 9.17) is 16.7 Å². The number of hydrogen-bond acceptors (Lipinski definition) is 3. The highest BCUT2D eigenvalue weighted by molar-refractivity contribution is 6.30. The van der Waals surface area contributed by atoms with Crippen molar-refractivity contribution in [1.82, 2.24) is 14.7 Å². The molecular formula is C24H28ClN5O2. The summed E-state index contributed by atoms with van der Waals surface area (Å²) in [7, 11) is 0. The van der Waals surface area contributed by atoms with Crippen LogP contribution in [0.5, 0.6) is 0 Å². The van der Waals surface area contributed by atoms with Crippen LogP contribution < -0.4 is 10.6 Å². The molecule has 0 fully saturated rings. The van der Waals surface area contributed by atoms with Crippen LogP contribution in [0.3, 0.4) is 0 Å². The number of anilines is 2. The second kappa shape index (κ2) is 9.87. The summed E-state index contributed by atoms with van der Waals surface area (Å²) in [6.45, 7) is 8.29. The number of benzene rings is 2. The Balaban J connectivity index is 1.77. The third-order valence-corrected chi connectivity index (χ3v) is 5.10. The van der Waals surface area contributed by atoms with Gasteiger partial charge in [-0.3, -0.25) is 4.79 Å². The lowest BCUT2D eigenvalue weighted by atomic mass is 9.92. The molecule has 0 atom stereocenters. The summed E-state index contributed by atoms with van der Waals surface area (Å²) in [4.78, 5) is 26.9. The van der Waals surface area contributed by atoms with Gasteiger partial charge in [0.1, 0.15) is 12.4 Å². The number of para-hydroxylation sites is 1. The number of carbonyl (C=O) groups excluding carboxylic acids is 2. The van der Waals surface area contributed by atoms with Crippen LogP contribution in [0.15, 0.2) is 60.7 Å². The normalized spacial score (nSPS) is 11.2. The van der Waals surface area contributed by atoms with Crippen molar-refractivity contribution in [3.05, 3.63) is 71.4 Å². The molecule has 0 aliphatic carbocycles. The third-order valence-electron chi connectivity index (χ3n) is 4.84. The zero-order chi connectivity index (χ0) is 23.3. The van der Waals surface area contributed by atoms with E-state index in [2.05, 4.69) is 31.4 Å². The molecule has 3 amide bonds. The summed E-state index contributed by atoms with van der Waals surface area (Å²) in [6, 6.07) is 17.9. The van der Waals surface area contributed by atoms with Gasteiger partial charge >= 0.3 is 6.03 Å². The zero-order valence-corrected chi connectivity index (χ0v) is 19.5. The summed E-state index contributed by atoms with van der Waals surface area (Å²) in [5.41, 5.74) is 2.07. The Morgan fingerprint density at radius 3 is 2.28 bits per heavy atom. The van der Waals surface area contributed by atoms with Crippen molar-refractivity contribution in [3.8, 4) is 5.69 Å². The molecule has 168 valence electrons. The van der Waals surface area contributed by atoms with E-state index in [0.717, 1.165) is 11.4 Å². The van der Waals surface area contributed by atoms with Crippen molar-refractivity contribution in [2.24, 2.45) is 0 Å². The smallest absolute Gasteiger partial charge is 0.315 e. The van der Waals surface area contributed by atoms with Gasteiger partial charge < -0.3 is 15.5 Å². The number of hydrogen-bond donors (Lipinski definition) is 2. The maximum Gasteiger partial charge on any atom is 0.322 e. The summed E-state index contributed by atoms with van der Waals surface area (Å²) in [5, 5.41) is 11.0. The Bertz CT molecular complexity index is 1070. The van der Waals surface area contributed by atoms with Crippen LogP contribution >= 0.6 is 11.6 Å². The van der Waals surface area contributed by atoms with Gasteiger partial charge in [0, 0.05) is 28.7 Å². The molecule has 3 aromatic rings. The SMILES string of the molecule is CCN(CC(=O)Nc1cc(C(C)(C)C)nn1-c1ccc(Cl)cc1)C(=O)Nc1ccccc1. The van der Waals surface area contributed by atoms with E-state index < -0.39 is 0 Å². The van der Waals surface area contributed by atoms with Gasteiger partial charge in [0.15, 0.2) is 0 Å². The first-order valence-corrected chi connectivity index (χ1v) is 10.8. The molecule has 0 saturated carbocycles. The minimum absolute atomic E-state index is 0.0915. The van der Waals surface area contributed by atoms with Gasteiger partial charge in [-0.2, -0.15) is 5.10 Å². The van der Waals surface area contributed by atoms with Crippen molar-refractivity contribution in [2.75, 3.05) is 23.7 Å². The van der Waals surface area contributed by atoms with Gasteiger partial charge in [-0.05, 0) is 43.3 Å². The second-order valence-corrected chi connectivity index (χ2v) is 8.85. The number of likely N-dealkylation sites (N-methyl/N-ethyl adjacent to an activating group) is 1. The molecule has 0 saturated heterocycles. The van der Waals surface area contributed by atoms with Crippen molar-refractivity contribution < 1.29 is 9.59 Å². The van der Waals surface area contributed by atoms with Crippen LogP contribution in [0.1, 0.15) is 33.4 Å². The number of nitrogens with zero attached hydrogens (tertiary/aromatic N) is 3. The average molecular weight is 454 g/mol. The van der Waals surface area contributed by atoms with E-state index in [0.29, 0.717) is 23.1 Å². The summed E-state index contributed by atoms with van der Waals surface area (Å²) < 4.78 is 1.68. The fraction of sp³-hybridized carbons (Fsp3) is 0.292. The monoisotopic (exact) mass is 453 g/mol. The van der Waals surface area contributed by atoms with Crippen LogP contribution in [0.4, 0.5) is 16.3 Å². The fourth-order valence-electron chi connectivity index (χ4n) is 3.02. The molecule has 0 radical (unpaired) electrons. The van der Waals surface area contributed by atoms with Gasteiger partial charge in [-0.1, -0.05) is 50.6 Å². The molecule has 7 nitrogen and oxygen atoms in total. The first-order valence-electron chi connectivity index (χ1n) is 10.4. The number of urea groups is 1. The predicted molar refractivity (Wildman–Crippen MR) is 129 cm³/mol. The molecule has 32 heavy (non-hydrogen) atoms. The molecule has 8 heteroatoms. The lowest BCUT2D eigenvalue weighted by Crippen LogP contribution is -2.40. The van der Waals surface area contributed by atoms with E-state index in [1.807, 2.05) is 43.3 Å². The van der Waals surface area contributed by atoms with Crippen molar-refractivity contribution in [2.45, 2.75) is 33.1 Å². The van der Waals surface area contributed by atoms with Crippen LogP contribution in [0.2, 0.25) is 5.02 Å². The molecule has 3 rings (SSSR count). The number of rotatable bonds is 6. The Morgan fingerprint density at radius 2 is 1.69 bits per heavy atom. The van der Waals surface area contributed by atoms with Gasteiger partial charge in [-0.25, -0.2) is 9.48 Å². The minimum atomic E-state index is -0.338. The maximum atomic E-state index is 12.8. The first kappa shape index (κ1) is 23.3. The summed E-state index contributed by atoms with van der Waals surface area (Å²) in [5.74, 6) is 0.215. The van der Waals surface area contributed by atoms with E-state index in [1.54, 1.807) is 28.9 Å². The van der Waals surface area contributed by atoms with Crippen LogP contribution in [-0.2, 0) is 10.2 Å². The number of amides is 3. The standard InChI is InChI=1S/C24H28ClN5O2/c1-5-29(23(32)26-18-9-7-6-8-10-18)16-22(31)27-21-15-20(24(2,3)4)28-30(21)19-13-11-17(25)12-14-19/h6-15H,5,16H2,1-4H3,(H,26,32)(H,27,31). The molecule has 2 aromatic carbocycles. The van der Waals surface area contributed by atoms with Crippen molar-refractivity contribution in [1.29, 1.82) is 0 Å². The third kappa shape index (κ3) is 5.88. The number of aromatic nitrogens is 2. The molecule has 0 aliphatic heterocycles.